The predicted molar refractivity (Wildman–Crippen MR) is 53.4 cm³/mol. The summed E-state index contributed by atoms with van der Waals surface area (Å²) in [5.41, 5.74) is 0.858. The van der Waals surface area contributed by atoms with Crippen molar-refractivity contribution in [3.63, 3.8) is 0 Å². The molecule has 1 aromatic rings. The number of aliphatic hydroxyl groups is 1. The van der Waals surface area contributed by atoms with Crippen LogP contribution in [0.25, 0.3) is 0 Å². The average Bonchev–Trinajstić information content (AvgIpc) is 2.01. The minimum absolute atomic E-state index is 0.246. The number of hydrogen-bond donors (Lipinski definition) is 2. The number of carboxylic acid groups (broad SMARTS) is 1. The van der Waals surface area contributed by atoms with Gasteiger partial charge in [-0.05, 0) is 44.0 Å². The lowest BCUT2D eigenvalue weighted by atomic mass is 9.92. The molecule has 14 heavy (non-hydrogen) atoms. The van der Waals surface area contributed by atoms with Crippen LogP contribution in [0.5, 0.6) is 0 Å². The number of carbonyl (C=O) groups is 1. The monoisotopic (exact) mass is 194 g/mol. The molecule has 0 bridgehead atoms. The quantitative estimate of drug-likeness (QED) is 0.756. The number of aromatic carboxylic acids is 1. The molecule has 0 heterocycles. The van der Waals surface area contributed by atoms with Crippen LogP contribution in [0.2, 0.25) is 0 Å². The van der Waals surface area contributed by atoms with Crippen LogP contribution in [0.3, 0.4) is 0 Å². The van der Waals surface area contributed by atoms with Gasteiger partial charge in [0.1, 0.15) is 0 Å². The van der Waals surface area contributed by atoms with Crippen molar-refractivity contribution in [1.82, 2.24) is 0 Å². The van der Waals surface area contributed by atoms with Crippen LogP contribution in [0, 0.1) is 6.92 Å². The third-order valence-corrected chi connectivity index (χ3v) is 2.13. The summed E-state index contributed by atoms with van der Waals surface area (Å²) in [4.78, 5) is 10.7. The molecule has 0 saturated heterocycles. The summed E-state index contributed by atoms with van der Waals surface area (Å²) in [5.74, 6) is -0.949. The lowest BCUT2D eigenvalue weighted by molar-refractivity contribution is 0.0691. The molecular weight excluding hydrogens is 180 g/mol. The summed E-state index contributed by atoms with van der Waals surface area (Å²) < 4.78 is 0. The molecule has 0 aliphatic carbocycles. The van der Waals surface area contributed by atoms with E-state index in [0.29, 0.717) is 0 Å². The van der Waals surface area contributed by atoms with E-state index in [2.05, 4.69) is 0 Å². The van der Waals surface area contributed by atoms with Gasteiger partial charge in [0.15, 0.2) is 0 Å². The highest BCUT2D eigenvalue weighted by atomic mass is 16.4. The first-order valence-electron chi connectivity index (χ1n) is 4.39. The number of hydrogen-bond acceptors (Lipinski definition) is 2. The molecule has 0 amide bonds. The van der Waals surface area contributed by atoms with E-state index in [1.807, 2.05) is 0 Å². The van der Waals surface area contributed by atoms with Gasteiger partial charge in [-0.1, -0.05) is 6.07 Å². The Bertz CT molecular complexity index is 361. The molecule has 0 aliphatic heterocycles. The molecule has 0 spiro atoms. The first kappa shape index (κ1) is 10.7. The number of carboxylic acids is 1. The summed E-state index contributed by atoms with van der Waals surface area (Å²) in [6, 6.07) is 4.72. The van der Waals surface area contributed by atoms with Crippen molar-refractivity contribution < 1.29 is 15.0 Å². The van der Waals surface area contributed by atoms with Gasteiger partial charge < -0.3 is 10.2 Å². The molecule has 0 radical (unpaired) electrons. The van der Waals surface area contributed by atoms with Gasteiger partial charge in [-0.25, -0.2) is 4.79 Å². The second kappa shape index (κ2) is 3.42. The molecule has 0 atom stereocenters. The van der Waals surface area contributed by atoms with Gasteiger partial charge in [0.25, 0.3) is 0 Å². The number of benzene rings is 1. The minimum Gasteiger partial charge on any atom is -0.478 e. The van der Waals surface area contributed by atoms with Crippen molar-refractivity contribution in [2.45, 2.75) is 26.4 Å². The maximum Gasteiger partial charge on any atom is 0.335 e. The predicted octanol–water partition coefficient (Wildman–Crippen LogP) is 1.92. The Labute approximate surface area is 83.0 Å². The van der Waals surface area contributed by atoms with Crippen LogP contribution in [-0.4, -0.2) is 16.2 Å². The van der Waals surface area contributed by atoms with Crippen LogP contribution >= 0.6 is 0 Å². The smallest absolute Gasteiger partial charge is 0.335 e. The zero-order valence-electron chi connectivity index (χ0n) is 8.53. The van der Waals surface area contributed by atoms with Crippen molar-refractivity contribution in [3.8, 4) is 0 Å². The van der Waals surface area contributed by atoms with E-state index in [1.165, 1.54) is 6.07 Å². The molecule has 0 aliphatic rings. The zero-order valence-corrected chi connectivity index (χ0v) is 8.53. The Morgan fingerprint density at radius 2 is 1.93 bits per heavy atom. The summed E-state index contributed by atoms with van der Waals surface area (Å²) in [6.07, 6.45) is 0. The molecule has 0 fully saturated rings. The fraction of sp³-hybridized carbons (Fsp3) is 0.364. The van der Waals surface area contributed by atoms with Gasteiger partial charge in [0.05, 0.1) is 11.2 Å². The van der Waals surface area contributed by atoms with Crippen LogP contribution in [0.4, 0.5) is 0 Å². The maximum atomic E-state index is 10.7. The summed E-state index contributed by atoms with van der Waals surface area (Å²) >= 11 is 0. The van der Waals surface area contributed by atoms with Gasteiger partial charge in [0.2, 0.25) is 0 Å². The van der Waals surface area contributed by atoms with E-state index in [9.17, 15) is 9.90 Å². The fourth-order valence-electron chi connectivity index (χ4n) is 1.48. The first-order valence-corrected chi connectivity index (χ1v) is 4.39. The zero-order chi connectivity index (χ0) is 10.9. The Balaban J connectivity index is 3.21. The summed E-state index contributed by atoms with van der Waals surface area (Å²) in [7, 11) is 0. The third kappa shape index (κ3) is 2.12. The summed E-state index contributed by atoms with van der Waals surface area (Å²) in [5, 5.41) is 18.5. The van der Waals surface area contributed by atoms with Crippen molar-refractivity contribution >= 4 is 5.97 Å². The number of aryl methyl sites for hydroxylation is 1. The van der Waals surface area contributed by atoms with E-state index in [4.69, 9.17) is 5.11 Å². The normalized spacial score (nSPS) is 11.4. The van der Waals surface area contributed by atoms with Gasteiger partial charge in [-0.15, -0.1) is 0 Å². The SMILES string of the molecule is Cc1cc(C(=O)O)ccc1C(C)(C)O. The molecule has 76 valence electrons. The Morgan fingerprint density at radius 3 is 2.29 bits per heavy atom. The Morgan fingerprint density at radius 1 is 1.36 bits per heavy atom. The highest BCUT2D eigenvalue weighted by molar-refractivity contribution is 5.87. The molecule has 2 N–H and O–H groups in total. The largest absolute Gasteiger partial charge is 0.478 e. The molecule has 0 aromatic heterocycles. The van der Waals surface area contributed by atoms with E-state index < -0.39 is 11.6 Å². The average molecular weight is 194 g/mol. The van der Waals surface area contributed by atoms with Crippen LogP contribution in [0.1, 0.15) is 35.3 Å². The van der Waals surface area contributed by atoms with E-state index in [1.54, 1.807) is 32.9 Å². The van der Waals surface area contributed by atoms with Gasteiger partial charge in [-0.3, -0.25) is 0 Å². The first-order chi connectivity index (χ1) is 6.32. The van der Waals surface area contributed by atoms with Gasteiger partial charge >= 0.3 is 5.97 Å². The van der Waals surface area contributed by atoms with Gasteiger partial charge in [-0.2, -0.15) is 0 Å². The molecule has 1 aromatic carbocycles. The molecule has 0 saturated carbocycles. The van der Waals surface area contributed by atoms with E-state index >= 15 is 0 Å². The standard InChI is InChI=1S/C11H14O3/c1-7-6-8(10(12)13)4-5-9(7)11(2,3)14/h4-6,14H,1-3H3,(H,12,13). The van der Waals surface area contributed by atoms with Crippen LogP contribution in [-0.2, 0) is 5.60 Å². The Kier molecular flexibility index (Phi) is 2.62. The van der Waals surface area contributed by atoms with Gasteiger partial charge in [0, 0.05) is 0 Å². The fourth-order valence-corrected chi connectivity index (χ4v) is 1.48. The molecule has 3 nitrogen and oxygen atoms in total. The van der Waals surface area contributed by atoms with E-state index in [-0.39, 0.29) is 5.56 Å². The second-order valence-corrected chi connectivity index (χ2v) is 3.89. The highest BCUT2D eigenvalue weighted by Crippen LogP contribution is 2.23. The molecule has 3 heteroatoms. The molecule has 1 rings (SSSR count). The van der Waals surface area contributed by atoms with Crippen molar-refractivity contribution in [2.75, 3.05) is 0 Å². The maximum absolute atomic E-state index is 10.7. The minimum atomic E-state index is -0.949. The van der Waals surface area contributed by atoms with Crippen LogP contribution in [0.15, 0.2) is 18.2 Å². The second-order valence-electron chi connectivity index (χ2n) is 3.89. The third-order valence-electron chi connectivity index (χ3n) is 2.13. The molecule has 0 unspecified atom stereocenters. The lowest BCUT2D eigenvalue weighted by Crippen LogP contribution is -2.17. The van der Waals surface area contributed by atoms with Crippen molar-refractivity contribution in [3.05, 3.63) is 34.9 Å². The highest BCUT2D eigenvalue weighted by Gasteiger charge is 2.18. The van der Waals surface area contributed by atoms with Crippen molar-refractivity contribution in [1.29, 1.82) is 0 Å². The summed E-state index contributed by atoms with van der Waals surface area (Å²) in [6.45, 7) is 5.14. The van der Waals surface area contributed by atoms with Crippen LogP contribution < -0.4 is 0 Å². The van der Waals surface area contributed by atoms with Crippen molar-refractivity contribution in [2.24, 2.45) is 0 Å². The topological polar surface area (TPSA) is 57.5 Å². The lowest BCUT2D eigenvalue weighted by Gasteiger charge is -2.20. The molecular formula is C11H14O3. The van der Waals surface area contributed by atoms with E-state index in [0.717, 1.165) is 11.1 Å². The number of rotatable bonds is 2. The Hall–Kier alpha value is -1.35.